The van der Waals surface area contributed by atoms with E-state index in [9.17, 15) is 4.39 Å². The van der Waals surface area contributed by atoms with Crippen molar-refractivity contribution in [2.24, 2.45) is 0 Å². The monoisotopic (exact) mass is 242 g/mol. The maximum absolute atomic E-state index is 13.8. The Kier molecular flexibility index (Phi) is 2.96. The molecule has 0 unspecified atom stereocenters. The highest BCUT2D eigenvalue weighted by Crippen LogP contribution is 2.31. The van der Waals surface area contributed by atoms with E-state index in [4.69, 9.17) is 5.26 Å². The summed E-state index contributed by atoms with van der Waals surface area (Å²) in [7, 11) is 0. The second-order valence-corrected chi connectivity index (χ2v) is 5.21. The van der Waals surface area contributed by atoms with E-state index >= 15 is 0 Å². The predicted molar refractivity (Wildman–Crippen MR) is 69.5 cm³/mol. The maximum atomic E-state index is 13.8. The smallest absolute Gasteiger partial charge is 0.159 e. The molecule has 0 N–H and O–H groups in total. The molecular weight excluding hydrogens is 227 g/mol. The molecule has 1 heterocycles. The predicted octanol–water partition coefficient (Wildman–Crippen LogP) is 3.92. The third kappa shape index (κ3) is 2.02. The van der Waals surface area contributed by atoms with Crippen LogP contribution in [0.2, 0.25) is 0 Å². The van der Waals surface area contributed by atoms with Gasteiger partial charge in [0.05, 0.1) is 5.69 Å². The highest BCUT2D eigenvalue weighted by atomic mass is 19.1. The summed E-state index contributed by atoms with van der Waals surface area (Å²) in [5.41, 5.74) is 1.38. The summed E-state index contributed by atoms with van der Waals surface area (Å²) in [5.74, 6) is -0.466. The molecule has 18 heavy (non-hydrogen) atoms. The van der Waals surface area contributed by atoms with Crippen LogP contribution in [-0.2, 0) is 5.54 Å². The van der Waals surface area contributed by atoms with Crippen LogP contribution in [0.3, 0.4) is 0 Å². The van der Waals surface area contributed by atoms with E-state index < -0.39 is 5.82 Å². The number of aromatic nitrogens is 1. The molecule has 2 rings (SSSR count). The molecule has 0 radical (unpaired) electrons. The summed E-state index contributed by atoms with van der Waals surface area (Å²) in [6.07, 6.45) is 0. The van der Waals surface area contributed by atoms with Gasteiger partial charge >= 0.3 is 0 Å². The molecule has 1 aromatic heterocycles. The minimum absolute atomic E-state index is 0.0846. The summed E-state index contributed by atoms with van der Waals surface area (Å²) in [4.78, 5) is 0. The van der Waals surface area contributed by atoms with Crippen molar-refractivity contribution in [3.05, 3.63) is 47.9 Å². The van der Waals surface area contributed by atoms with E-state index in [-0.39, 0.29) is 11.2 Å². The van der Waals surface area contributed by atoms with E-state index in [1.807, 2.05) is 57.2 Å². The van der Waals surface area contributed by atoms with Crippen LogP contribution in [0.5, 0.6) is 0 Å². The molecule has 0 saturated heterocycles. The van der Waals surface area contributed by atoms with Crippen LogP contribution in [0.4, 0.5) is 4.39 Å². The zero-order valence-electron chi connectivity index (χ0n) is 10.7. The van der Waals surface area contributed by atoms with Crippen molar-refractivity contribution in [3.8, 4) is 17.3 Å². The Hall–Kier alpha value is -2.08. The molecule has 0 aliphatic heterocycles. The first kappa shape index (κ1) is 12.4. The number of halogens is 1. The summed E-state index contributed by atoms with van der Waals surface area (Å²) in [6, 6.07) is 12.9. The number of nitrogens with zero attached hydrogens (tertiary/aromatic N) is 2. The highest BCUT2D eigenvalue weighted by Gasteiger charge is 2.24. The van der Waals surface area contributed by atoms with Gasteiger partial charge in [0.2, 0.25) is 0 Å². The van der Waals surface area contributed by atoms with Gasteiger partial charge < -0.3 is 4.57 Å². The Labute approximate surface area is 106 Å². The third-order valence-corrected chi connectivity index (χ3v) is 2.80. The fourth-order valence-corrected chi connectivity index (χ4v) is 2.10. The van der Waals surface area contributed by atoms with Crippen molar-refractivity contribution < 1.29 is 4.39 Å². The van der Waals surface area contributed by atoms with Gasteiger partial charge in [0, 0.05) is 11.6 Å². The lowest BCUT2D eigenvalue weighted by Crippen LogP contribution is -2.24. The quantitative estimate of drug-likeness (QED) is 0.745. The Bertz CT molecular complexity index is 598. The van der Waals surface area contributed by atoms with Gasteiger partial charge in [-0.2, -0.15) is 5.26 Å². The van der Waals surface area contributed by atoms with E-state index in [0.29, 0.717) is 0 Å². The van der Waals surface area contributed by atoms with Gasteiger partial charge in [-0.25, -0.2) is 4.39 Å². The number of nitriles is 1. The molecule has 1 aromatic carbocycles. The molecule has 0 bridgehead atoms. The molecule has 0 atom stereocenters. The van der Waals surface area contributed by atoms with Gasteiger partial charge in [-0.1, -0.05) is 30.3 Å². The Morgan fingerprint density at radius 3 is 2.28 bits per heavy atom. The van der Waals surface area contributed by atoms with Crippen LogP contribution in [0.15, 0.2) is 36.4 Å². The van der Waals surface area contributed by atoms with Crippen molar-refractivity contribution in [1.82, 2.24) is 4.57 Å². The van der Waals surface area contributed by atoms with Gasteiger partial charge in [0.1, 0.15) is 6.07 Å². The standard InChI is InChI=1S/C15H15FN2/c1-15(2,3)18-13(9-12(16)14(18)10-17)11-7-5-4-6-8-11/h4-9H,1-3H3. The van der Waals surface area contributed by atoms with Crippen molar-refractivity contribution >= 4 is 0 Å². The first-order valence-electron chi connectivity index (χ1n) is 5.82. The van der Waals surface area contributed by atoms with Gasteiger partial charge in [0.25, 0.3) is 0 Å². The van der Waals surface area contributed by atoms with E-state index in [0.717, 1.165) is 11.3 Å². The fraction of sp³-hybridized carbons (Fsp3) is 0.267. The van der Waals surface area contributed by atoms with E-state index in [2.05, 4.69) is 0 Å². The highest BCUT2D eigenvalue weighted by molar-refractivity contribution is 5.62. The average molecular weight is 242 g/mol. The van der Waals surface area contributed by atoms with Gasteiger partial charge in [-0.05, 0) is 26.3 Å². The second-order valence-electron chi connectivity index (χ2n) is 5.21. The second kappa shape index (κ2) is 4.30. The lowest BCUT2D eigenvalue weighted by molar-refractivity contribution is 0.395. The average Bonchev–Trinajstić information content (AvgIpc) is 2.67. The molecule has 0 spiro atoms. The summed E-state index contributed by atoms with van der Waals surface area (Å²) < 4.78 is 15.6. The summed E-state index contributed by atoms with van der Waals surface area (Å²) in [6.45, 7) is 5.87. The SMILES string of the molecule is CC(C)(C)n1c(-c2ccccc2)cc(F)c1C#N. The van der Waals surface area contributed by atoms with Crippen LogP contribution < -0.4 is 0 Å². The first-order chi connectivity index (χ1) is 8.45. The molecule has 92 valence electrons. The molecule has 0 amide bonds. The van der Waals surface area contributed by atoms with Crippen LogP contribution in [-0.4, -0.2) is 4.57 Å². The largest absolute Gasteiger partial charge is 0.324 e. The van der Waals surface area contributed by atoms with Crippen molar-refractivity contribution in [3.63, 3.8) is 0 Å². The molecule has 2 nitrogen and oxygen atoms in total. The lowest BCUT2D eigenvalue weighted by Gasteiger charge is -2.25. The topological polar surface area (TPSA) is 28.7 Å². The minimum Gasteiger partial charge on any atom is -0.324 e. The van der Waals surface area contributed by atoms with Crippen LogP contribution >= 0.6 is 0 Å². The summed E-state index contributed by atoms with van der Waals surface area (Å²) >= 11 is 0. The Balaban J connectivity index is 2.74. The molecule has 3 heteroatoms. The van der Waals surface area contributed by atoms with Crippen LogP contribution in [0.1, 0.15) is 26.5 Å². The zero-order valence-corrected chi connectivity index (χ0v) is 10.7. The third-order valence-electron chi connectivity index (χ3n) is 2.80. The van der Waals surface area contributed by atoms with Gasteiger partial charge in [-0.15, -0.1) is 0 Å². The molecule has 2 aromatic rings. The van der Waals surface area contributed by atoms with Gasteiger partial charge in [-0.3, -0.25) is 0 Å². The number of hydrogen-bond acceptors (Lipinski definition) is 1. The minimum atomic E-state index is -0.466. The fourth-order valence-electron chi connectivity index (χ4n) is 2.10. The molecular formula is C15H15FN2. The number of hydrogen-bond donors (Lipinski definition) is 0. The Morgan fingerprint density at radius 2 is 1.78 bits per heavy atom. The normalized spacial score (nSPS) is 11.3. The summed E-state index contributed by atoms with van der Waals surface area (Å²) in [5, 5.41) is 9.11. The van der Waals surface area contributed by atoms with E-state index in [1.54, 1.807) is 4.57 Å². The zero-order chi connectivity index (χ0) is 13.3. The molecule has 0 aliphatic carbocycles. The van der Waals surface area contributed by atoms with E-state index in [1.165, 1.54) is 6.07 Å². The van der Waals surface area contributed by atoms with Gasteiger partial charge in [0.15, 0.2) is 11.5 Å². The van der Waals surface area contributed by atoms with Crippen molar-refractivity contribution in [2.75, 3.05) is 0 Å². The van der Waals surface area contributed by atoms with Crippen LogP contribution in [0, 0.1) is 17.1 Å². The number of benzene rings is 1. The molecule has 0 aliphatic rings. The molecule has 0 saturated carbocycles. The van der Waals surface area contributed by atoms with Crippen molar-refractivity contribution in [2.45, 2.75) is 26.3 Å². The number of rotatable bonds is 1. The van der Waals surface area contributed by atoms with Crippen LogP contribution in [0.25, 0.3) is 11.3 Å². The molecule has 0 fully saturated rings. The Morgan fingerprint density at radius 1 is 1.17 bits per heavy atom. The first-order valence-corrected chi connectivity index (χ1v) is 5.82. The van der Waals surface area contributed by atoms with Crippen molar-refractivity contribution in [1.29, 1.82) is 5.26 Å². The lowest BCUT2D eigenvalue weighted by atomic mass is 10.1. The maximum Gasteiger partial charge on any atom is 0.159 e.